The summed E-state index contributed by atoms with van der Waals surface area (Å²) in [4.78, 5) is 28.3. The van der Waals surface area contributed by atoms with E-state index in [-0.39, 0.29) is 18.4 Å². The highest BCUT2D eigenvalue weighted by Gasteiger charge is 2.43. The molecule has 6 nitrogen and oxygen atoms in total. The van der Waals surface area contributed by atoms with Gasteiger partial charge in [-0.1, -0.05) is 24.3 Å². The number of aryl methyl sites for hydroxylation is 2. The molecule has 2 amide bonds. The van der Waals surface area contributed by atoms with Crippen LogP contribution >= 0.6 is 0 Å². The predicted molar refractivity (Wildman–Crippen MR) is 119 cm³/mol. The monoisotopic (exact) mass is 416 g/mol. The van der Waals surface area contributed by atoms with Crippen molar-refractivity contribution in [3.05, 3.63) is 83.7 Å². The molecule has 1 atom stereocenters. The Bertz CT molecular complexity index is 1100. The van der Waals surface area contributed by atoms with Gasteiger partial charge in [0, 0.05) is 23.5 Å². The molecule has 4 rings (SSSR count). The molecule has 0 saturated carbocycles. The van der Waals surface area contributed by atoms with Gasteiger partial charge < -0.3 is 10.1 Å². The van der Waals surface area contributed by atoms with Crippen molar-refractivity contribution < 1.29 is 18.9 Å². The van der Waals surface area contributed by atoms with Gasteiger partial charge >= 0.3 is 0 Å². The molecule has 31 heavy (non-hydrogen) atoms. The van der Waals surface area contributed by atoms with Gasteiger partial charge in [0.25, 0.3) is 11.8 Å². The number of nitrogens with zero attached hydrogens (tertiary/aromatic N) is 2. The molecule has 6 heteroatoms. The Morgan fingerprint density at radius 3 is 2.45 bits per heavy atom. The maximum absolute atomic E-state index is 13.6. The summed E-state index contributed by atoms with van der Waals surface area (Å²) in [5.74, 6) is 0.329. The molecule has 0 radical (unpaired) electrons. The second-order valence-corrected chi connectivity index (χ2v) is 7.60. The summed E-state index contributed by atoms with van der Waals surface area (Å²) in [6, 6.07) is 18.0. The van der Waals surface area contributed by atoms with Crippen molar-refractivity contribution in [2.45, 2.75) is 33.4 Å². The second kappa shape index (κ2) is 8.60. The molecule has 2 heterocycles. The number of para-hydroxylation sites is 1. The lowest BCUT2D eigenvalue weighted by molar-refractivity contribution is -0.695. The van der Waals surface area contributed by atoms with Crippen LogP contribution in [0.5, 0.6) is 5.75 Å². The van der Waals surface area contributed by atoms with E-state index in [0.717, 1.165) is 28.3 Å². The highest BCUT2D eigenvalue weighted by Crippen LogP contribution is 2.32. The lowest BCUT2D eigenvalue weighted by atomic mass is 10.0. The van der Waals surface area contributed by atoms with Crippen LogP contribution in [0.15, 0.2) is 66.9 Å². The molecule has 0 aliphatic carbocycles. The Morgan fingerprint density at radius 2 is 1.77 bits per heavy atom. The van der Waals surface area contributed by atoms with Crippen LogP contribution < -0.4 is 19.5 Å². The zero-order valence-corrected chi connectivity index (χ0v) is 18.0. The second-order valence-electron chi connectivity index (χ2n) is 7.60. The number of rotatable bonds is 5. The SMILES string of the molecule is CCOc1ccc(N2C(=O)C[n+]3ccccc3[C@H]2C(=O)Nc2c(C)cccc2C)cc1. The number of amides is 2. The lowest BCUT2D eigenvalue weighted by Gasteiger charge is -2.32. The summed E-state index contributed by atoms with van der Waals surface area (Å²) >= 11 is 0. The zero-order valence-electron chi connectivity index (χ0n) is 18.0. The highest BCUT2D eigenvalue weighted by atomic mass is 16.5. The van der Waals surface area contributed by atoms with Crippen LogP contribution in [-0.2, 0) is 16.1 Å². The van der Waals surface area contributed by atoms with Crippen molar-refractivity contribution in [3.63, 3.8) is 0 Å². The van der Waals surface area contributed by atoms with E-state index >= 15 is 0 Å². The number of fused-ring (bicyclic) bond motifs is 1. The fourth-order valence-electron chi connectivity index (χ4n) is 4.00. The molecule has 2 aromatic carbocycles. The fourth-order valence-corrected chi connectivity index (χ4v) is 4.00. The molecule has 1 N–H and O–H groups in total. The third kappa shape index (κ3) is 4.01. The van der Waals surface area contributed by atoms with E-state index in [0.29, 0.717) is 12.3 Å². The number of ether oxygens (including phenoxy) is 1. The Morgan fingerprint density at radius 1 is 1.06 bits per heavy atom. The predicted octanol–water partition coefficient (Wildman–Crippen LogP) is 3.72. The van der Waals surface area contributed by atoms with Crippen LogP contribution in [0, 0.1) is 13.8 Å². The largest absolute Gasteiger partial charge is 0.494 e. The van der Waals surface area contributed by atoms with Gasteiger partial charge in [0.15, 0.2) is 6.20 Å². The van der Waals surface area contributed by atoms with Gasteiger partial charge in [-0.05, 0) is 56.2 Å². The van der Waals surface area contributed by atoms with Crippen molar-refractivity contribution in [1.29, 1.82) is 0 Å². The minimum Gasteiger partial charge on any atom is -0.494 e. The molecule has 0 bridgehead atoms. The van der Waals surface area contributed by atoms with Crippen molar-refractivity contribution in [2.24, 2.45) is 0 Å². The third-order valence-electron chi connectivity index (χ3n) is 5.49. The molecule has 0 fully saturated rings. The van der Waals surface area contributed by atoms with Crippen molar-refractivity contribution in [1.82, 2.24) is 0 Å². The van der Waals surface area contributed by atoms with Crippen LogP contribution in [0.1, 0.15) is 29.8 Å². The number of anilines is 2. The number of aromatic nitrogens is 1. The molecule has 3 aromatic rings. The van der Waals surface area contributed by atoms with Crippen LogP contribution in [-0.4, -0.2) is 18.4 Å². The average molecular weight is 417 g/mol. The van der Waals surface area contributed by atoms with Gasteiger partial charge in [0.1, 0.15) is 5.75 Å². The van der Waals surface area contributed by atoms with E-state index in [1.54, 1.807) is 4.90 Å². The maximum atomic E-state index is 13.6. The first kappa shape index (κ1) is 20.6. The maximum Gasteiger partial charge on any atom is 0.294 e. The Hall–Kier alpha value is -3.67. The number of carbonyl (C=O) groups is 2. The summed E-state index contributed by atoms with van der Waals surface area (Å²) < 4.78 is 7.36. The van der Waals surface area contributed by atoms with Crippen LogP contribution in [0.4, 0.5) is 11.4 Å². The van der Waals surface area contributed by atoms with Gasteiger partial charge in [0.05, 0.1) is 6.61 Å². The van der Waals surface area contributed by atoms with E-state index in [9.17, 15) is 9.59 Å². The molecule has 158 valence electrons. The minimum absolute atomic E-state index is 0.144. The standard InChI is InChI=1S/C25H25N3O3/c1-4-31-20-13-11-19(12-14-20)28-22(29)16-27-15-6-5-10-21(27)24(28)25(30)26-23-17(2)8-7-9-18(23)3/h5-15,24H,4,16H2,1-3H3/p+1/t24-/m0/s1. The number of pyridine rings is 1. The van der Waals surface area contributed by atoms with Gasteiger partial charge in [-0.15, -0.1) is 0 Å². The summed E-state index contributed by atoms with van der Waals surface area (Å²) in [5, 5.41) is 3.07. The molecular weight excluding hydrogens is 390 g/mol. The van der Waals surface area contributed by atoms with Gasteiger partial charge in [-0.25, -0.2) is 0 Å². The number of benzene rings is 2. The number of carbonyl (C=O) groups excluding carboxylic acids is 2. The first-order chi connectivity index (χ1) is 15.0. The van der Waals surface area contributed by atoms with E-state index in [2.05, 4.69) is 5.32 Å². The van der Waals surface area contributed by atoms with Crippen molar-refractivity contribution in [3.8, 4) is 5.75 Å². The van der Waals surface area contributed by atoms with E-state index in [1.807, 2.05) is 92.2 Å². The topological polar surface area (TPSA) is 62.5 Å². The molecule has 1 aromatic heterocycles. The Kier molecular flexibility index (Phi) is 5.71. The lowest BCUT2D eigenvalue weighted by Crippen LogP contribution is -2.58. The van der Waals surface area contributed by atoms with Crippen LogP contribution in [0.25, 0.3) is 0 Å². The van der Waals surface area contributed by atoms with Gasteiger partial charge in [-0.2, -0.15) is 4.57 Å². The van der Waals surface area contributed by atoms with Crippen LogP contribution in [0.3, 0.4) is 0 Å². The molecule has 1 aliphatic heterocycles. The number of hydrogen-bond donors (Lipinski definition) is 1. The summed E-state index contributed by atoms with van der Waals surface area (Å²) in [6.07, 6.45) is 1.84. The first-order valence-corrected chi connectivity index (χ1v) is 10.4. The number of hydrogen-bond acceptors (Lipinski definition) is 3. The molecule has 0 unspecified atom stereocenters. The molecule has 1 aliphatic rings. The quantitative estimate of drug-likeness (QED) is 0.645. The first-order valence-electron chi connectivity index (χ1n) is 10.4. The van der Waals surface area contributed by atoms with Crippen LogP contribution in [0.2, 0.25) is 0 Å². The van der Waals surface area contributed by atoms with E-state index in [1.165, 1.54) is 0 Å². The summed E-state index contributed by atoms with van der Waals surface area (Å²) in [7, 11) is 0. The molecule has 0 saturated heterocycles. The minimum atomic E-state index is -0.792. The zero-order chi connectivity index (χ0) is 22.0. The Balaban J connectivity index is 1.76. The highest BCUT2D eigenvalue weighted by molar-refractivity contribution is 6.05. The smallest absolute Gasteiger partial charge is 0.294 e. The summed E-state index contributed by atoms with van der Waals surface area (Å²) in [5.41, 5.74) is 4.15. The van der Waals surface area contributed by atoms with Gasteiger partial charge in [-0.3, -0.25) is 14.5 Å². The van der Waals surface area contributed by atoms with Gasteiger partial charge in [0.2, 0.25) is 18.3 Å². The van der Waals surface area contributed by atoms with Crippen molar-refractivity contribution >= 4 is 23.2 Å². The number of nitrogens with one attached hydrogen (secondary N) is 1. The van der Waals surface area contributed by atoms with Crippen molar-refractivity contribution in [2.75, 3.05) is 16.8 Å². The third-order valence-corrected chi connectivity index (χ3v) is 5.49. The molecular formula is C25H26N3O3+. The fraction of sp³-hybridized carbons (Fsp3) is 0.240. The molecule has 0 spiro atoms. The Labute approximate surface area is 182 Å². The average Bonchev–Trinajstić information content (AvgIpc) is 2.76. The summed E-state index contributed by atoms with van der Waals surface area (Å²) in [6.45, 7) is 6.58. The normalized spacial score (nSPS) is 15.4. The van der Waals surface area contributed by atoms with E-state index in [4.69, 9.17) is 4.74 Å². The van der Waals surface area contributed by atoms with E-state index < -0.39 is 6.04 Å².